The highest BCUT2D eigenvalue weighted by Crippen LogP contribution is 2.16. The average molecular weight is 222 g/mol. The van der Waals surface area contributed by atoms with E-state index in [1.165, 1.54) is 0 Å². The lowest BCUT2D eigenvalue weighted by molar-refractivity contribution is -0.108. The van der Waals surface area contributed by atoms with Gasteiger partial charge in [0.1, 0.15) is 6.29 Å². The first-order valence-corrected chi connectivity index (χ1v) is 5.63. The van der Waals surface area contributed by atoms with Gasteiger partial charge in [-0.15, -0.1) is 0 Å². The molecule has 0 aromatic heterocycles. The molecule has 0 bridgehead atoms. The first kappa shape index (κ1) is 11.3. The number of allylic oxidation sites excluding steroid dienone is 1. The standard InChI is InChI=1S/C16H14O/c17-13-16(15-9-5-2-6-10-15)12-11-14-7-3-1-4-8-14/h1-13,16H. The van der Waals surface area contributed by atoms with Crippen molar-refractivity contribution in [2.45, 2.75) is 5.92 Å². The summed E-state index contributed by atoms with van der Waals surface area (Å²) in [5, 5.41) is 0. The molecule has 0 aliphatic carbocycles. The van der Waals surface area contributed by atoms with E-state index in [-0.39, 0.29) is 5.92 Å². The van der Waals surface area contributed by atoms with Crippen molar-refractivity contribution in [1.29, 1.82) is 0 Å². The van der Waals surface area contributed by atoms with Gasteiger partial charge >= 0.3 is 0 Å². The molecule has 1 heteroatoms. The zero-order valence-corrected chi connectivity index (χ0v) is 9.49. The van der Waals surface area contributed by atoms with Gasteiger partial charge in [-0.25, -0.2) is 0 Å². The molecule has 0 amide bonds. The number of aldehydes is 1. The third kappa shape index (κ3) is 3.15. The predicted octanol–water partition coefficient (Wildman–Crippen LogP) is 3.68. The maximum Gasteiger partial charge on any atom is 0.131 e. The topological polar surface area (TPSA) is 17.1 Å². The van der Waals surface area contributed by atoms with Crippen LogP contribution in [0.25, 0.3) is 6.08 Å². The quantitative estimate of drug-likeness (QED) is 0.721. The van der Waals surface area contributed by atoms with E-state index in [0.29, 0.717) is 0 Å². The van der Waals surface area contributed by atoms with E-state index < -0.39 is 0 Å². The Labute approximate surface area is 101 Å². The molecule has 0 saturated heterocycles. The monoisotopic (exact) mass is 222 g/mol. The normalized spacial score (nSPS) is 12.5. The van der Waals surface area contributed by atoms with Crippen LogP contribution in [0.3, 0.4) is 0 Å². The van der Waals surface area contributed by atoms with Crippen molar-refractivity contribution in [3.05, 3.63) is 77.9 Å². The molecule has 1 unspecified atom stereocenters. The molecule has 1 nitrogen and oxygen atoms in total. The lowest BCUT2D eigenvalue weighted by Crippen LogP contribution is -1.95. The Kier molecular flexibility index (Phi) is 3.87. The number of carbonyl (C=O) groups is 1. The highest BCUT2D eigenvalue weighted by Gasteiger charge is 2.04. The van der Waals surface area contributed by atoms with Crippen LogP contribution in [0.1, 0.15) is 17.0 Å². The summed E-state index contributed by atoms with van der Waals surface area (Å²) < 4.78 is 0. The fourth-order valence-electron chi connectivity index (χ4n) is 1.69. The Bertz CT molecular complexity index is 485. The van der Waals surface area contributed by atoms with E-state index >= 15 is 0 Å². The van der Waals surface area contributed by atoms with Gasteiger partial charge in [0.25, 0.3) is 0 Å². The van der Waals surface area contributed by atoms with Crippen molar-refractivity contribution in [1.82, 2.24) is 0 Å². The summed E-state index contributed by atoms with van der Waals surface area (Å²) in [6, 6.07) is 19.8. The second-order valence-corrected chi connectivity index (χ2v) is 3.84. The van der Waals surface area contributed by atoms with Gasteiger partial charge in [-0.2, -0.15) is 0 Å². The zero-order chi connectivity index (χ0) is 11.9. The summed E-state index contributed by atoms with van der Waals surface area (Å²) in [4.78, 5) is 11.1. The summed E-state index contributed by atoms with van der Waals surface area (Å²) in [5.74, 6) is -0.170. The van der Waals surface area contributed by atoms with Crippen molar-refractivity contribution < 1.29 is 4.79 Å². The summed E-state index contributed by atoms with van der Waals surface area (Å²) in [6.45, 7) is 0. The van der Waals surface area contributed by atoms with Gasteiger partial charge in [0.15, 0.2) is 0 Å². The Morgan fingerprint density at radius 3 is 2.00 bits per heavy atom. The van der Waals surface area contributed by atoms with Gasteiger partial charge in [-0.05, 0) is 11.1 Å². The highest BCUT2D eigenvalue weighted by atomic mass is 16.1. The minimum absolute atomic E-state index is 0.170. The molecule has 0 N–H and O–H groups in total. The van der Waals surface area contributed by atoms with Crippen LogP contribution < -0.4 is 0 Å². The lowest BCUT2D eigenvalue weighted by Gasteiger charge is -2.04. The number of carbonyl (C=O) groups excluding carboxylic acids is 1. The summed E-state index contributed by atoms with van der Waals surface area (Å²) in [5.41, 5.74) is 2.13. The first-order valence-electron chi connectivity index (χ1n) is 5.63. The molecule has 0 fully saturated rings. The molecule has 0 heterocycles. The van der Waals surface area contributed by atoms with Crippen molar-refractivity contribution in [3.63, 3.8) is 0 Å². The molecule has 0 aliphatic heterocycles. The van der Waals surface area contributed by atoms with Crippen molar-refractivity contribution >= 4 is 12.4 Å². The van der Waals surface area contributed by atoms with Crippen molar-refractivity contribution in [2.75, 3.05) is 0 Å². The fourth-order valence-corrected chi connectivity index (χ4v) is 1.69. The molecule has 1 atom stereocenters. The molecular formula is C16H14O. The van der Waals surface area contributed by atoms with Crippen LogP contribution in [0.4, 0.5) is 0 Å². The molecule has 0 saturated carbocycles. The predicted molar refractivity (Wildman–Crippen MR) is 70.7 cm³/mol. The summed E-state index contributed by atoms with van der Waals surface area (Å²) in [7, 11) is 0. The third-order valence-corrected chi connectivity index (χ3v) is 2.63. The number of benzene rings is 2. The minimum Gasteiger partial charge on any atom is -0.302 e. The van der Waals surface area contributed by atoms with E-state index in [1.54, 1.807) is 0 Å². The van der Waals surface area contributed by atoms with E-state index in [1.807, 2.05) is 72.8 Å². The van der Waals surface area contributed by atoms with E-state index in [0.717, 1.165) is 17.4 Å². The van der Waals surface area contributed by atoms with Gasteiger partial charge < -0.3 is 4.79 Å². The molecule has 0 spiro atoms. The largest absolute Gasteiger partial charge is 0.302 e. The molecule has 84 valence electrons. The lowest BCUT2D eigenvalue weighted by atomic mass is 9.99. The number of hydrogen-bond acceptors (Lipinski definition) is 1. The van der Waals surface area contributed by atoms with Crippen LogP contribution in [-0.4, -0.2) is 6.29 Å². The second kappa shape index (κ2) is 5.80. The van der Waals surface area contributed by atoms with Crippen LogP contribution in [0, 0.1) is 0 Å². The fraction of sp³-hybridized carbons (Fsp3) is 0.0625. The maximum absolute atomic E-state index is 11.1. The Morgan fingerprint density at radius 2 is 1.41 bits per heavy atom. The molecule has 2 aromatic carbocycles. The highest BCUT2D eigenvalue weighted by molar-refractivity contribution is 5.68. The Morgan fingerprint density at radius 1 is 0.824 bits per heavy atom. The SMILES string of the molecule is O=CC(C=Cc1ccccc1)c1ccccc1. The van der Waals surface area contributed by atoms with Gasteiger partial charge in [0.05, 0.1) is 5.92 Å². The van der Waals surface area contributed by atoms with Crippen LogP contribution in [0.5, 0.6) is 0 Å². The Hall–Kier alpha value is -2.15. The summed E-state index contributed by atoms with van der Waals surface area (Å²) >= 11 is 0. The van der Waals surface area contributed by atoms with E-state index in [9.17, 15) is 4.79 Å². The van der Waals surface area contributed by atoms with Crippen molar-refractivity contribution in [3.8, 4) is 0 Å². The molecule has 0 radical (unpaired) electrons. The molecule has 2 rings (SSSR count). The van der Waals surface area contributed by atoms with Gasteiger partial charge in [0, 0.05) is 0 Å². The van der Waals surface area contributed by atoms with Gasteiger partial charge in [-0.1, -0.05) is 72.8 Å². The number of rotatable bonds is 4. The van der Waals surface area contributed by atoms with Crippen LogP contribution in [-0.2, 0) is 4.79 Å². The molecular weight excluding hydrogens is 208 g/mol. The molecule has 2 aromatic rings. The minimum atomic E-state index is -0.170. The van der Waals surface area contributed by atoms with Crippen LogP contribution >= 0.6 is 0 Å². The van der Waals surface area contributed by atoms with Gasteiger partial charge in [0.2, 0.25) is 0 Å². The smallest absolute Gasteiger partial charge is 0.131 e. The van der Waals surface area contributed by atoms with Crippen LogP contribution in [0.2, 0.25) is 0 Å². The second-order valence-electron chi connectivity index (χ2n) is 3.84. The number of hydrogen-bond donors (Lipinski definition) is 0. The summed E-state index contributed by atoms with van der Waals surface area (Å²) in [6.07, 6.45) is 4.87. The molecule has 0 aliphatic rings. The Balaban J connectivity index is 2.16. The average Bonchev–Trinajstić information content (AvgIpc) is 2.42. The van der Waals surface area contributed by atoms with E-state index in [2.05, 4.69) is 0 Å². The zero-order valence-electron chi connectivity index (χ0n) is 9.49. The third-order valence-electron chi connectivity index (χ3n) is 2.63. The van der Waals surface area contributed by atoms with Gasteiger partial charge in [-0.3, -0.25) is 0 Å². The molecule has 17 heavy (non-hydrogen) atoms. The van der Waals surface area contributed by atoms with E-state index in [4.69, 9.17) is 0 Å². The maximum atomic E-state index is 11.1. The van der Waals surface area contributed by atoms with Crippen molar-refractivity contribution in [2.24, 2.45) is 0 Å². The van der Waals surface area contributed by atoms with Crippen LogP contribution in [0.15, 0.2) is 66.7 Å². The first-order chi connectivity index (χ1) is 8.40.